The van der Waals surface area contributed by atoms with Gasteiger partial charge in [-0.25, -0.2) is 18.6 Å². The molecule has 0 spiro atoms. The van der Waals surface area contributed by atoms with Crippen molar-refractivity contribution in [2.24, 2.45) is 0 Å². The normalized spacial score (nSPS) is 17.8. The predicted molar refractivity (Wildman–Crippen MR) is 65.5 cm³/mol. The summed E-state index contributed by atoms with van der Waals surface area (Å²) in [6.45, 7) is 0.264. The summed E-state index contributed by atoms with van der Waals surface area (Å²) in [6.07, 6.45) is 4.68. The van der Waals surface area contributed by atoms with Crippen LogP contribution in [0.3, 0.4) is 0 Å². The van der Waals surface area contributed by atoms with E-state index in [9.17, 15) is 13.6 Å². The lowest BCUT2D eigenvalue weighted by Gasteiger charge is -2.32. The molecule has 19 heavy (non-hydrogen) atoms. The first-order chi connectivity index (χ1) is 8.91. The Hall–Kier alpha value is -2.16. The number of hydrogen-bond acceptors (Lipinski definition) is 3. The van der Waals surface area contributed by atoms with Crippen LogP contribution in [0.4, 0.5) is 14.6 Å². The summed E-state index contributed by atoms with van der Waals surface area (Å²) in [7, 11) is 0. The van der Waals surface area contributed by atoms with Crippen molar-refractivity contribution in [3.8, 4) is 12.3 Å². The fourth-order valence-electron chi connectivity index (χ4n) is 1.94. The zero-order chi connectivity index (χ0) is 14.0. The molecule has 0 aliphatic carbocycles. The van der Waals surface area contributed by atoms with E-state index in [0.717, 1.165) is 0 Å². The number of anilines is 1. The summed E-state index contributed by atoms with van der Waals surface area (Å²) in [5.41, 5.74) is 0.197. The van der Waals surface area contributed by atoms with Crippen molar-refractivity contribution in [2.45, 2.75) is 18.8 Å². The molecule has 6 heteroatoms. The number of aromatic carboxylic acids is 1. The quantitative estimate of drug-likeness (QED) is 0.832. The number of piperidine rings is 1. The van der Waals surface area contributed by atoms with E-state index in [1.807, 2.05) is 0 Å². The molecule has 0 amide bonds. The molecule has 1 saturated heterocycles. The molecule has 0 saturated carbocycles. The van der Waals surface area contributed by atoms with Crippen LogP contribution in [0.15, 0.2) is 12.1 Å². The Balaban J connectivity index is 2.28. The Morgan fingerprint density at radius 3 is 2.58 bits per heavy atom. The van der Waals surface area contributed by atoms with Gasteiger partial charge in [-0.2, -0.15) is 0 Å². The van der Waals surface area contributed by atoms with Crippen molar-refractivity contribution in [3.05, 3.63) is 23.4 Å². The van der Waals surface area contributed by atoms with Gasteiger partial charge in [-0.15, -0.1) is 6.42 Å². The molecule has 0 bridgehead atoms. The standard InChI is InChI=1S/C13H12F2N2O2/c1-2-10-7-9(12(18)19)8-11(16-10)17-5-3-13(14,15)4-6-17/h1,7-8H,3-6H2,(H,18,19). The summed E-state index contributed by atoms with van der Waals surface area (Å²) in [5.74, 6) is -1.17. The van der Waals surface area contributed by atoms with Crippen molar-refractivity contribution < 1.29 is 18.7 Å². The second-order valence-corrected chi connectivity index (χ2v) is 4.39. The first-order valence-electron chi connectivity index (χ1n) is 5.76. The lowest BCUT2D eigenvalue weighted by molar-refractivity contribution is -0.0221. The van der Waals surface area contributed by atoms with E-state index in [1.54, 1.807) is 4.90 Å². The van der Waals surface area contributed by atoms with Crippen molar-refractivity contribution in [1.82, 2.24) is 4.98 Å². The Morgan fingerprint density at radius 2 is 2.05 bits per heavy atom. The number of aromatic nitrogens is 1. The number of carbonyl (C=O) groups is 1. The molecule has 0 radical (unpaired) electrons. The third-order valence-electron chi connectivity index (χ3n) is 3.03. The third-order valence-corrected chi connectivity index (χ3v) is 3.03. The van der Waals surface area contributed by atoms with E-state index in [-0.39, 0.29) is 37.2 Å². The molecular weight excluding hydrogens is 254 g/mol. The highest BCUT2D eigenvalue weighted by Gasteiger charge is 2.34. The smallest absolute Gasteiger partial charge is 0.335 e. The number of terminal acetylenes is 1. The second kappa shape index (κ2) is 4.84. The van der Waals surface area contributed by atoms with Gasteiger partial charge in [0.2, 0.25) is 0 Å². The van der Waals surface area contributed by atoms with E-state index in [1.165, 1.54) is 12.1 Å². The van der Waals surface area contributed by atoms with Gasteiger partial charge >= 0.3 is 5.97 Å². The predicted octanol–water partition coefficient (Wildman–Crippen LogP) is 2.00. The van der Waals surface area contributed by atoms with Crippen molar-refractivity contribution in [1.29, 1.82) is 0 Å². The molecule has 1 N–H and O–H groups in total. The van der Waals surface area contributed by atoms with Crippen LogP contribution in [0.2, 0.25) is 0 Å². The van der Waals surface area contributed by atoms with E-state index in [0.29, 0.717) is 5.82 Å². The highest BCUT2D eigenvalue weighted by molar-refractivity contribution is 5.88. The van der Waals surface area contributed by atoms with Crippen LogP contribution >= 0.6 is 0 Å². The van der Waals surface area contributed by atoms with Crippen molar-refractivity contribution in [3.63, 3.8) is 0 Å². The maximum absolute atomic E-state index is 13.1. The number of alkyl halides is 2. The first kappa shape index (κ1) is 13.3. The number of rotatable bonds is 2. The van der Waals surface area contributed by atoms with Crippen LogP contribution < -0.4 is 4.90 Å². The summed E-state index contributed by atoms with van der Waals surface area (Å²) in [4.78, 5) is 16.7. The molecule has 100 valence electrons. The highest BCUT2D eigenvalue weighted by atomic mass is 19.3. The van der Waals surface area contributed by atoms with Crippen LogP contribution in [0.5, 0.6) is 0 Å². The SMILES string of the molecule is C#Cc1cc(C(=O)O)cc(N2CCC(F)(F)CC2)n1. The molecule has 1 aromatic rings. The molecule has 1 aliphatic heterocycles. The Bertz CT molecular complexity index is 542. The van der Waals surface area contributed by atoms with E-state index < -0.39 is 11.9 Å². The topological polar surface area (TPSA) is 53.4 Å². The van der Waals surface area contributed by atoms with Crippen LogP contribution in [0, 0.1) is 12.3 Å². The zero-order valence-corrected chi connectivity index (χ0v) is 10.1. The van der Waals surface area contributed by atoms with Crippen LogP contribution in [-0.2, 0) is 0 Å². The average molecular weight is 266 g/mol. The van der Waals surface area contributed by atoms with Crippen molar-refractivity contribution >= 4 is 11.8 Å². The molecule has 1 aromatic heterocycles. The number of nitrogens with zero attached hydrogens (tertiary/aromatic N) is 2. The number of halogens is 2. The lowest BCUT2D eigenvalue weighted by Crippen LogP contribution is -2.39. The molecular formula is C13H12F2N2O2. The average Bonchev–Trinajstić information content (AvgIpc) is 2.38. The first-order valence-corrected chi connectivity index (χ1v) is 5.76. The second-order valence-electron chi connectivity index (χ2n) is 4.39. The maximum atomic E-state index is 13.1. The molecule has 2 rings (SSSR count). The minimum Gasteiger partial charge on any atom is -0.478 e. The number of pyridine rings is 1. The summed E-state index contributed by atoms with van der Waals surface area (Å²) in [5, 5.41) is 8.98. The largest absolute Gasteiger partial charge is 0.478 e. The number of carboxylic acids is 1. The maximum Gasteiger partial charge on any atom is 0.335 e. The van der Waals surface area contributed by atoms with Gasteiger partial charge in [-0.05, 0) is 12.1 Å². The summed E-state index contributed by atoms with van der Waals surface area (Å²) < 4.78 is 26.1. The van der Waals surface area contributed by atoms with Gasteiger partial charge < -0.3 is 10.0 Å². The molecule has 0 aromatic carbocycles. The van der Waals surface area contributed by atoms with Gasteiger partial charge in [0, 0.05) is 25.9 Å². The Labute approximate surface area is 109 Å². The third kappa shape index (κ3) is 2.99. The minimum atomic E-state index is -2.66. The van der Waals surface area contributed by atoms with Gasteiger partial charge in [0.25, 0.3) is 5.92 Å². The monoisotopic (exact) mass is 266 g/mol. The number of carboxylic acid groups (broad SMARTS) is 1. The van der Waals surface area contributed by atoms with Gasteiger partial charge in [0.05, 0.1) is 5.56 Å². The van der Waals surface area contributed by atoms with E-state index in [2.05, 4.69) is 10.9 Å². The Morgan fingerprint density at radius 1 is 1.42 bits per heavy atom. The molecule has 1 fully saturated rings. The van der Waals surface area contributed by atoms with Crippen molar-refractivity contribution in [2.75, 3.05) is 18.0 Å². The molecule has 0 atom stereocenters. The fourth-order valence-corrected chi connectivity index (χ4v) is 1.94. The molecule has 1 aliphatic rings. The summed E-state index contributed by atoms with van der Waals surface area (Å²) >= 11 is 0. The molecule has 4 nitrogen and oxygen atoms in total. The van der Waals surface area contributed by atoms with E-state index in [4.69, 9.17) is 11.5 Å². The fraction of sp³-hybridized carbons (Fsp3) is 0.385. The van der Waals surface area contributed by atoms with Crippen LogP contribution in [0.1, 0.15) is 28.9 Å². The molecule has 2 heterocycles. The molecule has 0 unspecified atom stereocenters. The van der Waals surface area contributed by atoms with Gasteiger partial charge in [0.1, 0.15) is 11.5 Å². The van der Waals surface area contributed by atoms with Crippen LogP contribution in [-0.4, -0.2) is 35.1 Å². The van der Waals surface area contributed by atoms with Crippen LogP contribution in [0.25, 0.3) is 0 Å². The highest BCUT2D eigenvalue weighted by Crippen LogP contribution is 2.30. The minimum absolute atomic E-state index is 0.00952. The summed E-state index contributed by atoms with van der Waals surface area (Å²) in [6, 6.07) is 2.64. The number of hydrogen-bond donors (Lipinski definition) is 1. The Kier molecular flexibility index (Phi) is 3.38. The van der Waals surface area contributed by atoms with E-state index >= 15 is 0 Å². The van der Waals surface area contributed by atoms with Gasteiger partial charge in [-0.3, -0.25) is 0 Å². The van der Waals surface area contributed by atoms with Gasteiger partial charge in [-0.1, -0.05) is 5.92 Å². The lowest BCUT2D eigenvalue weighted by atomic mass is 10.1. The van der Waals surface area contributed by atoms with Gasteiger partial charge in [0.15, 0.2) is 0 Å². The zero-order valence-electron chi connectivity index (χ0n) is 10.1.